The van der Waals surface area contributed by atoms with Gasteiger partial charge in [0.05, 0.1) is 0 Å². The van der Waals surface area contributed by atoms with Crippen molar-refractivity contribution in [3.63, 3.8) is 0 Å². The maximum Gasteiger partial charge on any atom is -0.00773 e. The van der Waals surface area contributed by atoms with Crippen molar-refractivity contribution < 1.29 is 0 Å². The molecular formula is C20H48N2. The van der Waals surface area contributed by atoms with Gasteiger partial charge in [-0.1, -0.05) is 117 Å². The van der Waals surface area contributed by atoms with E-state index in [0.29, 0.717) is 0 Å². The quantitative estimate of drug-likeness (QED) is 0.291. The van der Waals surface area contributed by atoms with Crippen LogP contribution in [0.25, 0.3) is 0 Å². The van der Waals surface area contributed by atoms with Gasteiger partial charge in [-0.05, 0) is 13.0 Å². The van der Waals surface area contributed by atoms with E-state index in [1.54, 1.807) is 0 Å². The molecule has 0 saturated carbocycles. The lowest BCUT2D eigenvalue weighted by Gasteiger charge is -2.03. The van der Waals surface area contributed by atoms with Gasteiger partial charge in [0, 0.05) is 0 Å². The first-order valence-electron chi connectivity index (χ1n) is 10.1. The Hall–Kier alpha value is -0.0800. The average Bonchev–Trinajstić information content (AvgIpc) is 2.53. The monoisotopic (exact) mass is 316 g/mol. The van der Waals surface area contributed by atoms with Crippen LogP contribution in [0.4, 0.5) is 0 Å². The molecule has 22 heavy (non-hydrogen) atoms. The van der Waals surface area contributed by atoms with Gasteiger partial charge in [-0.25, -0.2) is 0 Å². The molecule has 2 nitrogen and oxygen atoms in total. The molecule has 2 heteroatoms. The second kappa shape index (κ2) is 29.0. The summed E-state index contributed by atoms with van der Waals surface area (Å²) in [7, 11) is 0. The Kier molecular flexibility index (Phi) is 35.3. The van der Waals surface area contributed by atoms with Gasteiger partial charge < -0.3 is 11.9 Å². The van der Waals surface area contributed by atoms with E-state index in [1.165, 1.54) is 103 Å². The summed E-state index contributed by atoms with van der Waals surface area (Å²) < 4.78 is 0. The van der Waals surface area contributed by atoms with E-state index in [0.717, 1.165) is 6.54 Å². The first kappa shape index (κ1) is 26.8. The molecule has 0 spiro atoms. The lowest BCUT2D eigenvalue weighted by molar-refractivity contribution is 0.530. The third-order valence-corrected chi connectivity index (χ3v) is 4.06. The third kappa shape index (κ3) is 28.1. The summed E-state index contributed by atoms with van der Waals surface area (Å²) >= 11 is 0. The van der Waals surface area contributed by atoms with Gasteiger partial charge in [-0.2, -0.15) is 0 Å². The fourth-order valence-corrected chi connectivity index (χ4v) is 2.69. The number of nitrogens with two attached hydrogens (primary N) is 1. The van der Waals surface area contributed by atoms with Crippen LogP contribution in [0.2, 0.25) is 0 Å². The molecule has 0 aliphatic carbocycles. The molecule has 0 aromatic rings. The molecule has 0 aromatic carbocycles. The van der Waals surface area contributed by atoms with E-state index in [1.807, 2.05) is 13.8 Å². The molecule has 0 aliphatic rings. The van der Waals surface area contributed by atoms with Gasteiger partial charge >= 0.3 is 0 Å². The van der Waals surface area contributed by atoms with Crippen molar-refractivity contribution >= 4 is 0 Å². The largest absolute Gasteiger partial charge is 0.344 e. The zero-order chi connectivity index (χ0) is 16.0. The summed E-state index contributed by atoms with van der Waals surface area (Å²) in [5.74, 6) is 0. The molecule has 0 amide bonds. The van der Waals surface area contributed by atoms with Crippen LogP contribution in [0.5, 0.6) is 0 Å². The Bertz CT molecular complexity index is 133. The number of hydrogen-bond acceptors (Lipinski definition) is 2. The van der Waals surface area contributed by atoms with Crippen LogP contribution in [0.3, 0.4) is 0 Å². The Labute approximate surface area is 142 Å². The highest BCUT2D eigenvalue weighted by Crippen LogP contribution is 2.13. The molecule has 5 N–H and O–H groups in total. The van der Waals surface area contributed by atoms with Gasteiger partial charge in [0.1, 0.15) is 0 Å². The summed E-state index contributed by atoms with van der Waals surface area (Å²) in [5.41, 5.74) is 5.48. The van der Waals surface area contributed by atoms with Crippen molar-refractivity contribution in [2.45, 2.75) is 124 Å². The molecule has 0 unspecified atom stereocenters. The molecule has 0 saturated heterocycles. The zero-order valence-corrected chi connectivity index (χ0v) is 16.3. The van der Waals surface area contributed by atoms with Crippen molar-refractivity contribution in [1.82, 2.24) is 6.15 Å². The zero-order valence-electron chi connectivity index (χ0n) is 16.3. The van der Waals surface area contributed by atoms with E-state index >= 15 is 0 Å². The SMILES string of the molecule is CC.CCCCCCCCCCCCCCCCCCN.N. The van der Waals surface area contributed by atoms with E-state index in [2.05, 4.69) is 6.92 Å². The minimum atomic E-state index is 0. The Balaban J connectivity index is -0.00000115. The molecule has 0 heterocycles. The van der Waals surface area contributed by atoms with Crippen LogP contribution in [0.15, 0.2) is 0 Å². The molecule has 0 aromatic heterocycles. The van der Waals surface area contributed by atoms with Crippen LogP contribution in [-0.4, -0.2) is 6.54 Å². The Morgan fingerprint density at radius 1 is 0.455 bits per heavy atom. The molecule has 0 atom stereocenters. The van der Waals surface area contributed by atoms with Crippen LogP contribution in [-0.2, 0) is 0 Å². The normalized spacial score (nSPS) is 9.82. The summed E-state index contributed by atoms with van der Waals surface area (Å²) in [4.78, 5) is 0. The first-order chi connectivity index (χ1) is 10.4. The summed E-state index contributed by atoms with van der Waals surface area (Å²) in [6, 6.07) is 0. The van der Waals surface area contributed by atoms with Crippen LogP contribution in [0, 0.1) is 0 Å². The highest BCUT2D eigenvalue weighted by atomic mass is 14.5. The van der Waals surface area contributed by atoms with Crippen LogP contribution >= 0.6 is 0 Å². The predicted molar refractivity (Wildman–Crippen MR) is 105 cm³/mol. The standard InChI is InChI=1S/C18H39N.C2H6.H3N/c1-2-3-4-5-6-7-8-9-10-11-12-13-14-15-16-17-18-19;1-2;/h2-19H2,1H3;1-2H3;1H3. The van der Waals surface area contributed by atoms with Crippen molar-refractivity contribution in [2.24, 2.45) is 5.73 Å². The summed E-state index contributed by atoms with van der Waals surface area (Å²) in [6.07, 6.45) is 22.9. The van der Waals surface area contributed by atoms with E-state index in [-0.39, 0.29) is 6.15 Å². The second-order valence-electron chi connectivity index (χ2n) is 6.09. The topological polar surface area (TPSA) is 61.0 Å². The van der Waals surface area contributed by atoms with Gasteiger partial charge in [0.15, 0.2) is 0 Å². The lowest BCUT2D eigenvalue weighted by atomic mass is 10.0. The van der Waals surface area contributed by atoms with E-state index in [9.17, 15) is 0 Å². The second-order valence-corrected chi connectivity index (χ2v) is 6.09. The van der Waals surface area contributed by atoms with Crippen molar-refractivity contribution in [1.29, 1.82) is 0 Å². The fourth-order valence-electron chi connectivity index (χ4n) is 2.69. The maximum absolute atomic E-state index is 5.48. The van der Waals surface area contributed by atoms with Gasteiger partial charge in [0.2, 0.25) is 0 Å². The predicted octanol–water partition coefficient (Wildman–Crippen LogP) is 7.39. The highest BCUT2D eigenvalue weighted by Gasteiger charge is 1.94. The number of rotatable bonds is 16. The van der Waals surface area contributed by atoms with Crippen molar-refractivity contribution in [3.05, 3.63) is 0 Å². The summed E-state index contributed by atoms with van der Waals surface area (Å²) in [5, 5.41) is 0. The Morgan fingerprint density at radius 3 is 0.909 bits per heavy atom. The minimum absolute atomic E-state index is 0. The van der Waals surface area contributed by atoms with Gasteiger partial charge in [0.25, 0.3) is 0 Å². The Morgan fingerprint density at radius 2 is 0.682 bits per heavy atom. The third-order valence-electron chi connectivity index (χ3n) is 4.06. The number of hydrogen-bond donors (Lipinski definition) is 2. The average molecular weight is 317 g/mol. The molecule has 138 valence electrons. The van der Waals surface area contributed by atoms with E-state index < -0.39 is 0 Å². The molecule has 0 rings (SSSR count). The first-order valence-corrected chi connectivity index (χ1v) is 10.1. The minimum Gasteiger partial charge on any atom is -0.344 e. The smallest absolute Gasteiger partial charge is 0.00773 e. The molecule has 0 bridgehead atoms. The van der Waals surface area contributed by atoms with Crippen molar-refractivity contribution in [3.8, 4) is 0 Å². The van der Waals surface area contributed by atoms with Gasteiger partial charge in [-0.15, -0.1) is 0 Å². The molecule has 0 aliphatic heterocycles. The van der Waals surface area contributed by atoms with Gasteiger partial charge in [-0.3, -0.25) is 0 Å². The molecule has 0 radical (unpaired) electrons. The highest BCUT2D eigenvalue weighted by molar-refractivity contribution is 4.49. The van der Waals surface area contributed by atoms with Crippen molar-refractivity contribution in [2.75, 3.05) is 6.54 Å². The van der Waals surface area contributed by atoms with E-state index in [4.69, 9.17) is 5.73 Å². The maximum atomic E-state index is 5.48. The number of unbranched alkanes of at least 4 members (excludes halogenated alkanes) is 15. The van der Waals surface area contributed by atoms with Crippen LogP contribution < -0.4 is 11.9 Å². The fraction of sp³-hybridized carbons (Fsp3) is 1.00. The molecule has 0 fully saturated rings. The molecular weight excluding hydrogens is 268 g/mol. The van der Waals surface area contributed by atoms with Crippen LogP contribution in [0.1, 0.15) is 124 Å². The lowest BCUT2D eigenvalue weighted by Crippen LogP contribution is -1.97. The summed E-state index contributed by atoms with van der Waals surface area (Å²) in [6.45, 7) is 7.16.